The topological polar surface area (TPSA) is 84.7 Å². The fourth-order valence-electron chi connectivity index (χ4n) is 1.79. The zero-order valence-electron chi connectivity index (χ0n) is 9.98. The van der Waals surface area contributed by atoms with E-state index in [1.807, 2.05) is 0 Å². The van der Waals surface area contributed by atoms with Crippen molar-refractivity contribution in [3.8, 4) is 0 Å². The molecule has 0 saturated heterocycles. The standard InChI is InChI=1S/C12H9FN4O2/c1-6-2-3-7(8(13)4-6)5-9-12(18)15-11-10(14-9)16-19-17-11/h2-4H,5H2,1H3,(H,15,17,18). The van der Waals surface area contributed by atoms with Gasteiger partial charge in [0, 0.05) is 6.42 Å². The van der Waals surface area contributed by atoms with Crippen LogP contribution < -0.4 is 5.56 Å². The molecule has 0 fully saturated rings. The summed E-state index contributed by atoms with van der Waals surface area (Å²) in [5.41, 5.74) is 1.34. The highest BCUT2D eigenvalue weighted by molar-refractivity contribution is 5.62. The molecular weight excluding hydrogens is 251 g/mol. The second-order valence-corrected chi connectivity index (χ2v) is 4.22. The van der Waals surface area contributed by atoms with Gasteiger partial charge in [0.2, 0.25) is 11.3 Å². The van der Waals surface area contributed by atoms with Gasteiger partial charge in [-0.05, 0) is 34.4 Å². The lowest BCUT2D eigenvalue weighted by Crippen LogP contribution is -2.16. The number of benzene rings is 1. The van der Waals surface area contributed by atoms with Crippen LogP contribution in [0.25, 0.3) is 11.3 Å². The summed E-state index contributed by atoms with van der Waals surface area (Å²) in [4.78, 5) is 18.3. The van der Waals surface area contributed by atoms with Crippen LogP contribution in [0.4, 0.5) is 4.39 Å². The first-order valence-corrected chi connectivity index (χ1v) is 5.60. The molecule has 19 heavy (non-hydrogen) atoms. The van der Waals surface area contributed by atoms with Gasteiger partial charge >= 0.3 is 0 Å². The molecule has 3 aromatic rings. The van der Waals surface area contributed by atoms with Crippen LogP contribution in [-0.4, -0.2) is 20.3 Å². The van der Waals surface area contributed by atoms with Gasteiger partial charge in [-0.2, -0.15) is 0 Å². The fourth-order valence-corrected chi connectivity index (χ4v) is 1.79. The Morgan fingerprint density at radius 2 is 2.21 bits per heavy atom. The molecule has 0 saturated carbocycles. The smallest absolute Gasteiger partial charge is 0.271 e. The molecule has 0 bridgehead atoms. The highest BCUT2D eigenvalue weighted by Gasteiger charge is 2.11. The second kappa shape index (κ2) is 4.27. The molecule has 1 N–H and O–H groups in total. The molecule has 0 amide bonds. The number of hydrogen-bond acceptors (Lipinski definition) is 5. The third-order valence-electron chi connectivity index (χ3n) is 2.77. The van der Waals surface area contributed by atoms with E-state index in [2.05, 4.69) is 24.9 Å². The average Bonchev–Trinajstić information content (AvgIpc) is 2.80. The van der Waals surface area contributed by atoms with Crippen molar-refractivity contribution in [3.63, 3.8) is 0 Å². The summed E-state index contributed by atoms with van der Waals surface area (Å²) in [7, 11) is 0. The molecule has 0 unspecified atom stereocenters. The number of fused-ring (bicyclic) bond motifs is 1. The first-order valence-electron chi connectivity index (χ1n) is 5.60. The van der Waals surface area contributed by atoms with E-state index in [-0.39, 0.29) is 29.2 Å². The Labute approximate surface area is 106 Å². The Balaban J connectivity index is 2.04. The minimum atomic E-state index is -0.428. The minimum absolute atomic E-state index is 0.0875. The van der Waals surface area contributed by atoms with Crippen molar-refractivity contribution < 1.29 is 9.02 Å². The summed E-state index contributed by atoms with van der Waals surface area (Å²) in [6, 6.07) is 4.83. The van der Waals surface area contributed by atoms with Gasteiger partial charge in [-0.1, -0.05) is 12.1 Å². The monoisotopic (exact) mass is 260 g/mol. The van der Waals surface area contributed by atoms with Gasteiger partial charge in [0.1, 0.15) is 11.5 Å². The molecule has 0 aliphatic heterocycles. The lowest BCUT2D eigenvalue weighted by molar-refractivity contribution is 0.314. The number of nitrogens with zero attached hydrogens (tertiary/aromatic N) is 3. The SMILES string of the molecule is Cc1ccc(Cc2nc3nonc3[nH]c2=O)c(F)c1. The number of halogens is 1. The van der Waals surface area contributed by atoms with Crippen molar-refractivity contribution >= 4 is 11.3 Å². The third-order valence-corrected chi connectivity index (χ3v) is 2.77. The summed E-state index contributed by atoms with van der Waals surface area (Å²) < 4.78 is 18.2. The van der Waals surface area contributed by atoms with Crippen LogP contribution in [0.15, 0.2) is 27.6 Å². The number of aryl methyl sites for hydroxylation is 1. The highest BCUT2D eigenvalue weighted by atomic mass is 19.1. The van der Waals surface area contributed by atoms with Crippen LogP contribution in [0.2, 0.25) is 0 Å². The van der Waals surface area contributed by atoms with Crippen LogP contribution in [0.1, 0.15) is 16.8 Å². The zero-order chi connectivity index (χ0) is 13.4. The third kappa shape index (κ3) is 2.10. The van der Waals surface area contributed by atoms with Crippen LogP contribution in [0.5, 0.6) is 0 Å². The second-order valence-electron chi connectivity index (χ2n) is 4.22. The normalized spacial score (nSPS) is 11.1. The maximum absolute atomic E-state index is 13.7. The number of rotatable bonds is 2. The number of hydrogen-bond donors (Lipinski definition) is 1. The van der Waals surface area contributed by atoms with Gasteiger partial charge in [-0.3, -0.25) is 9.78 Å². The van der Waals surface area contributed by atoms with Crippen molar-refractivity contribution in [3.05, 3.63) is 51.2 Å². The van der Waals surface area contributed by atoms with E-state index < -0.39 is 5.56 Å². The summed E-state index contributed by atoms with van der Waals surface area (Å²) in [5, 5.41) is 7.02. The molecule has 0 atom stereocenters. The van der Waals surface area contributed by atoms with Crippen LogP contribution in [0, 0.1) is 12.7 Å². The predicted molar refractivity (Wildman–Crippen MR) is 64.2 cm³/mol. The Hall–Kier alpha value is -2.57. The van der Waals surface area contributed by atoms with Crippen LogP contribution in [-0.2, 0) is 6.42 Å². The van der Waals surface area contributed by atoms with E-state index in [1.54, 1.807) is 19.1 Å². The number of H-pyrrole nitrogens is 1. The van der Waals surface area contributed by atoms with Gasteiger partial charge in [0.25, 0.3) is 5.56 Å². The van der Waals surface area contributed by atoms with E-state index in [4.69, 9.17) is 0 Å². The van der Waals surface area contributed by atoms with Gasteiger partial charge in [-0.25, -0.2) is 14.0 Å². The highest BCUT2D eigenvalue weighted by Crippen LogP contribution is 2.13. The largest absolute Gasteiger partial charge is 0.299 e. The van der Waals surface area contributed by atoms with Gasteiger partial charge in [0.05, 0.1) is 0 Å². The average molecular weight is 260 g/mol. The Morgan fingerprint density at radius 3 is 3.00 bits per heavy atom. The molecule has 3 rings (SSSR count). The molecule has 2 aromatic heterocycles. The molecule has 1 aromatic carbocycles. The molecule has 6 nitrogen and oxygen atoms in total. The van der Waals surface area contributed by atoms with E-state index in [0.717, 1.165) is 5.56 Å². The molecule has 0 radical (unpaired) electrons. The molecule has 2 heterocycles. The van der Waals surface area contributed by atoms with Crippen LogP contribution >= 0.6 is 0 Å². The van der Waals surface area contributed by atoms with Crippen molar-refractivity contribution in [2.45, 2.75) is 13.3 Å². The Bertz CT molecular complexity index is 809. The molecular formula is C12H9FN4O2. The summed E-state index contributed by atoms with van der Waals surface area (Å²) in [6.45, 7) is 1.80. The Kier molecular flexibility index (Phi) is 2.59. The number of aromatic nitrogens is 4. The van der Waals surface area contributed by atoms with Crippen molar-refractivity contribution in [2.75, 3.05) is 0 Å². The molecule has 7 heteroatoms. The quantitative estimate of drug-likeness (QED) is 0.751. The fraction of sp³-hybridized carbons (Fsp3) is 0.167. The maximum atomic E-state index is 13.7. The minimum Gasteiger partial charge on any atom is -0.299 e. The molecule has 0 spiro atoms. The van der Waals surface area contributed by atoms with Crippen molar-refractivity contribution in [2.24, 2.45) is 0 Å². The first kappa shape index (κ1) is 11.5. The van der Waals surface area contributed by atoms with Crippen molar-refractivity contribution in [1.29, 1.82) is 0 Å². The van der Waals surface area contributed by atoms with E-state index in [9.17, 15) is 9.18 Å². The Morgan fingerprint density at radius 1 is 1.37 bits per heavy atom. The van der Waals surface area contributed by atoms with E-state index in [0.29, 0.717) is 5.56 Å². The van der Waals surface area contributed by atoms with Gasteiger partial charge in [0.15, 0.2) is 0 Å². The molecule has 0 aliphatic rings. The van der Waals surface area contributed by atoms with Crippen LogP contribution in [0.3, 0.4) is 0 Å². The lowest BCUT2D eigenvalue weighted by atomic mass is 10.1. The summed E-state index contributed by atoms with van der Waals surface area (Å²) in [6.07, 6.45) is 0.0875. The number of nitrogens with one attached hydrogen (secondary N) is 1. The molecule has 96 valence electrons. The molecule has 0 aliphatic carbocycles. The van der Waals surface area contributed by atoms with E-state index in [1.165, 1.54) is 6.07 Å². The summed E-state index contributed by atoms with van der Waals surface area (Å²) in [5.74, 6) is -0.362. The summed E-state index contributed by atoms with van der Waals surface area (Å²) >= 11 is 0. The zero-order valence-corrected chi connectivity index (χ0v) is 9.98. The van der Waals surface area contributed by atoms with E-state index >= 15 is 0 Å². The first-order chi connectivity index (χ1) is 9.13. The lowest BCUT2D eigenvalue weighted by Gasteiger charge is -2.03. The van der Waals surface area contributed by atoms with Gasteiger partial charge in [-0.15, -0.1) is 0 Å². The van der Waals surface area contributed by atoms with Crippen molar-refractivity contribution in [1.82, 2.24) is 20.3 Å². The maximum Gasteiger partial charge on any atom is 0.271 e. The number of aromatic amines is 1. The predicted octanol–water partition coefficient (Wildman–Crippen LogP) is 1.34. The van der Waals surface area contributed by atoms with Gasteiger partial charge < -0.3 is 0 Å².